The highest BCUT2D eigenvalue weighted by Crippen LogP contribution is 2.53. The lowest BCUT2D eigenvalue weighted by molar-refractivity contribution is 0.669. The van der Waals surface area contributed by atoms with Crippen molar-refractivity contribution >= 4 is 85.2 Å². The lowest BCUT2D eigenvalue weighted by Gasteiger charge is -2.46. The predicted octanol–water partition coefficient (Wildman–Crippen LogP) is 20.5. The first-order chi connectivity index (χ1) is 40.0. The van der Waals surface area contributed by atoms with Gasteiger partial charge in [-0.05, 0) is 186 Å². The summed E-state index contributed by atoms with van der Waals surface area (Å²) in [5.41, 5.74) is 26.0. The van der Waals surface area contributed by atoms with Gasteiger partial charge in [-0.25, -0.2) is 0 Å². The number of furan rings is 1. The number of aryl methyl sites for hydroxylation is 4. The van der Waals surface area contributed by atoms with Crippen LogP contribution in [0.25, 0.3) is 55.3 Å². The number of fused-ring (bicyclic) bond motifs is 8. The SMILES string of the molecule is CCCCc1ccc(N2B3c4ccc5c(oc6ccccc65)c4N(c4ccc(CCCC)cc4-c4ccccc4)c4cc(-c5ccccc5)cc(c43)-c3ccc(N(c4ccc(CCCC)cc4)c4ccc(CCCC)cc4)cc32)cc1. The van der Waals surface area contributed by atoms with Crippen molar-refractivity contribution in [3.05, 3.63) is 241 Å². The second-order valence-electron chi connectivity index (χ2n) is 22.6. The van der Waals surface area contributed by atoms with Crippen LogP contribution in [0.4, 0.5) is 45.5 Å². The fraction of sp³-hybridized carbons (Fsp3) is 0.211. The van der Waals surface area contributed by atoms with Crippen molar-refractivity contribution in [2.45, 2.75) is 105 Å². The minimum absolute atomic E-state index is 0.235. The Bertz CT molecular complexity index is 3940. The zero-order valence-electron chi connectivity index (χ0n) is 47.6. The van der Waals surface area contributed by atoms with E-state index in [0.29, 0.717) is 0 Å². The molecule has 13 rings (SSSR count). The van der Waals surface area contributed by atoms with Gasteiger partial charge in [0.05, 0.1) is 11.4 Å². The molecule has 0 fully saturated rings. The van der Waals surface area contributed by atoms with Gasteiger partial charge in [0, 0.05) is 56.0 Å². The fourth-order valence-electron chi connectivity index (χ4n) is 12.9. The molecule has 0 unspecified atom stereocenters. The largest absolute Gasteiger partial charge is 0.454 e. The van der Waals surface area contributed by atoms with Crippen LogP contribution in [0.2, 0.25) is 0 Å². The molecule has 0 spiro atoms. The Hall–Kier alpha value is -8.54. The van der Waals surface area contributed by atoms with Crippen molar-refractivity contribution in [1.82, 2.24) is 0 Å². The number of unbranched alkanes of at least 4 members (excludes halogenated alkanes) is 4. The first-order valence-electron chi connectivity index (χ1n) is 30.2. The zero-order chi connectivity index (χ0) is 54.8. The molecule has 2 aliphatic rings. The molecule has 0 amide bonds. The van der Waals surface area contributed by atoms with Gasteiger partial charge >= 0.3 is 6.85 Å². The molecule has 400 valence electrons. The van der Waals surface area contributed by atoms with Crippen molar-refractivity contribution < 1.29 is 4.42 Å². The van der Waals surface area contributed by atoms with Gasteiger partial charge in [-0.2, -0.15) is 0 Å². The minimum Gasteiger partial charge on any atom is -0.454 e. The highest BCUT2D eigenvalue weighted by Gasteiger charge is 2.47. The van der Waals surface area contributed by atoms with Gasteiger partial charge in [-0.1, -0.05) is 193 Å². The first-order valence-corrected chi connectivity index (χ1v) is 30.2. The van der Waals surface area contributed by atoms with Crippen molar-refractivity contribution in [2.24, 2.45) is 0 Å². The Morgan fingerprint density at radius 3 is 1.58 bits per heavy atom. The molecule has 1 aromatic heterocycles. The summed E-state index contributed by atoms with van der Waals surface area (Å²) in [5.74, 6) is 0. The average Bonchev–Trinajstić information content (AvgIpc) is 4.07. The van der Waals surface area contributed by atoms with Crippen LogP contribution in [0.3, 0.4) is 0 Å². The van der Waals surface area contributed by atoms with Crippen molar-refractivity contribution in [3.63, 3.8) is 0 Å². The van der Waals surface area contributed by atoms with Crippen LogP contribution < -0.4 is 25.5 Å². The van der Waals surface area contributed by atoms with Gasteiger partial charge in [-0.15, -0.1) is 0 Å². The quantitative estimate of drug-likeness (QED) is 0.0753. The zero-order valence-corrected chi connectivity index (χ0v) is 47.6. The van der Waals surface area contributed by atoms with Gasteiger partial charge in [0.1, 0.15) is 5.58 Å². The highest BCUT2D eigenvalue weighted by atomic mass is 16.3. The molecular weight excluding hydrogens is 982 g/mol. The maximum absolute atomic E-state index is 7.30. The Kier molecular flexibility index (Phi) is 14.7. The van der Waals surface area contributed by atoms with Crippen molar-refractivity contribution in [1.29, 1.82) is 0 Å². The molecule has 0 aliphatic carbocycles. The van der Waals surface area contributed by atoms with E-state index < -0.39 is 0 Å². The number of para-hydroxylation sites is 1. The van der Waals surface area contributed by atoms with Gasteiger partial charge in [0.2, 0.25) is 0 Å². The summed E-state index contributed by atoms with van der Waals surface area (Å²) in [6, 6.07) is 83.1. The van der Waals surface area contributed by atoms with Crippen LogP contribution in [0.1, 0.15) is 101 Å². The first kappa shape index (κ1) is 51.9. The fourth-order valence-corrected chi connectivity index (χ4v) is 12.9. The van der Waals surface area contributed by atoms with Crippen LogP contribution in [-0.4, -0.2) is 6.85 Å². The van der Waals surface area contributed by atoms with Crippen molar-refractivity contribution in [3.8, 4) is 33.4 Å². The smallest absolute Gasteiger partial charge is 0.333 e. The van der Waals surface area contributed by atoms with E-state index in [0.717, 1.165) is 113 Å². The van der Waals surface area contributed by atoms with E-state index in [-0.39, 0.29) is 6.85 Å². The van der Waals surface area contributed by atoms with Crippen LogP contribution in [-0.2, 0) is 25.7 Å². The van der Waals surface area contributed by atoms with Crippen molar-refractivity contribution in [2.75, 3.05) is 14.6 Å². The molecule has 2 aliphatic heterocycles. The Morgan fingerprint density at radius 2 is 0.951 bits per heavy atom. The summed E-state index contributed by atoms with van der Waals surface area (Å²) >= 11 is 0. The van der Waals surface area contributed by atoms with E-state index >= 15 is 0 Å². The number of hydrogen-bond donors (Lipinski definition) is 0. The number of anilines is 8. The summed E-state index contributed by atoms with van der Waals surface area (Å²) in [4.78, 5) is 7.74. The topological polar surface area (TPSA) is 22.9 Å². The number of nitrogens with zero attached hydrogens (tertiary/aromatic N) is 3. The van der Waals surface area contributed by atoms with Crippen LogP contribution in [0.5, 0.6) is 0 Å². The summed E-state index contributed by atoms with van der Waals surface area (Å²) in [6.45, 7) is 8.89. The number of hydrogen-bond acceptors (Lipinski definition) is 4. The van der Waals surface area contributed by atoms with Crippen LogP contribution in [0.15, 0.2) is 223 Å². The molecule has 10 aromatic carbocycles. The minimum atomic E-state index is -0.235. The monoisotopic (exact) mass is 1050 g/mol. The average molecular weight is 1050 g/mol. The molecule has 4 nitrogen and oxygen atoms in total. The maximum atomic E-state index is 7.30. The van der Waals surface area contributed by atoms with Crippen LogP contribution in [0, 0.1) is 0 Å². The second kappa shape index (κ2) is 22.9. The molecule has 0 radical (unpaired) electrons. The molecule has 11 aromatic rings. The van der Waals surface area contributed by atoms with Crippen LogP contribution >= 0.6 is 0 Å². The third kappa shape index (κ3) is 9.81. The van der Waals surface area contributed by atoms with E-state index in [2.05, 4.69) is 261 Å². The molecule has 0 saturated heterocycles. The highest BCUT2D eigenvalue weighted by molar-refractivity contribution is 6.94. The predicted molar refractivity (Wildman–Crippen MR) is 347 cm³/mol. The van der Waals surface area contributed by atoms with E-state index in [1.54, 1.807) is 0 Å². The summed E-state index contributed by atoms with van der Waals surface area (Å²) < 4.78 is 7.30. The maximum Gasteiger partial charge on any atom is 0.333 e. The molecule has 0 saturated carbocycles. The molecule has 81 heavy (non-hydrogen) atoms. The molecule has 5 heteroatoms. The van der Waals surface area contributed by atoms with E-state index in [1.807, 2.05) is 0 Å². The third-order valence-electron chi connectivity index (χ3n) is 17.2. The van der Waals surface area contributed by atoms with Gasteiger partial charge in [-0.3, -0.25) is 0 Å². The van der Waals surface area contributed by atoms with Gasteiger partial charge in [0.15, 0.2) is 5.58 Å². The standard InChI is InChI=1S/C76H72BN3O/c1-5-9-21-53-31-38-60(39-32-53)78(61-40-33-54(34-41-61)22-10-6-2)63-44-45-64-68-50-59(57-25-15-13-16-26-57)51-72-74(68)77(80(71(64)52-63)62-42-35-55(36-43-62)23-11-7-3)69-47-46-66-65-29-19-20-30-73(65)81-76(66)75(69)79(72)70-48-37-56(24-12-8-4)49-67(70)58-27-17-14-18-28-58/h13-20,25-52H,5-12,21-24H2,1-4H3. The second-order valence-corrected chi connectivity index (χ2v) is 22.6. The Labute approximate surface area is 480 Å². The summed E-state index contributed by atoms with van der Waals surface area (Å²) in [6.07, 6.45) is 13.6. The molecule has 0 bridgehead atoms. The molecular formula is C76H72BN3O. The normalized spacial score (nSPS) is 12.5. The number of rotatable bonds is 19. The molecule has 3 heterocycles. The van der Waals surface area contributed by atoms with E-state index in [9.17, 15) is 0 Å². The third-order valence-corrected chi connectivity index (χ3v) is 17.2. The van der Waals surface area contributed by atoms with Gasteiger partial charge < -0.3 is 19.0 Å². The van der Waals surface area contributed by atoms with E-state index in [4.69, 9.17) is 4.42 Å². The summed E-state index contributed by atoms with van der Waals surface area (Å²) in [5, 5.41) is 2.23. The Balaban J connectivity index is 1.12. The van der Waals surface area contributed by atoms with E-state index in [1.165, 1.54) is 97.9 Å². The summed E-state index contributed by atoms with van der Waals surface area (Å²) in [7, 11) is 0. The molecule has 0 N–H and O–H groups in total. The Morgan fingerprint density at radius 1 is 0.395 bits per heavy atom. The lowest BCUT2D eigenvalue weighted by atomic mass is 9.43. The lowest BCUT2D eigenvalue weighted by Crippen LogP contribution is -2.61. The number of benzene rings is 10. The van der Waals surface area contributed by atoms with Gasteiger partial charge in [0.25, 0.3) is 0 Å². The molecule has 0 atom stereocenters.